The van der Waals surface area contributed by atoms with Gasteiger partial charge in [0.25, 0.3) is 0 Å². The SMILES string of the molecule is COc1ccc(NC(=O)[C@@H](Cc2ccccc2)NS(=O)(=O)c2ccc(Cl)cc2)cc1Cl. The summed E-state index contributed by atoms with van der Waals surface area (Å²) in [6.07, 6.45) is 0.156. The van der Waals surface area contributed by atoms with Gasteiger partial charge in [0, 0.05) is 10.7 Å². The van der Waals surface area contributed by atoms with Gasteiger partial charge in [0.2, 0.25) is 15.9 Å². The molecule has 0 heterocycles. The van der Waals surface area contributed by atoms with Crippen molar-refractivity contribution in [2.75, 3.05) is 12.4 Å². The van der Waals surface area contributed by atoms with Crippen molar-refractivity contribution >= 4 is 44.8 Å². The summed E-state index contributed by atoms with van der Waals surface area (Å²) in [7, 11) is -2.48. The van der Waals surface area contributed by atoms with Crippen molar-refractivity contribution < 1.29 is 17.9 Å². The Morgan fingerprint density at radius 1 is 1.00 bits per heavy atom. The predicted molar refractivity (Wildman–Crippen MR) is 122 cm³/mol. The number of nitrogens with one attached hydrogen (secondary N) is 2. The van der Waals surface area contributed by atoms with E-state index < -0.39 is 22.0 Å². The highest BCUT2D eigenvalue weighted by Gasteiger charge is 2.26. The van der Waals surface area contributed by atoms with Crippen molar-refractivity contribution in [3.8, 4) is 5.75 Å². The first-order chi connectivity index (χ1) is 14.8. The van der Waals surface area contributed by atoms with Crippen LogP contribution in [0.5, 0.6) is 5.75 Å². The molecule has 0 saturated carbocycles. The minimum atomic E-state index is -3.97. The highest BCUT2D eigenvalue weighted by molar-refractivity contribution is 7.89. The Hall–Kier alpha value is -2.58. The molecule has 0 spiro atoms. The van der Waals surface area contributed by atoms with Gasteiger partial charge in [-0.2, -0.15) is 4.72 Å². The van der Waals surface area contributed by atoms with Crippen LogP contribution in [0.4, 0.5) is 5.69 Å². The molecule has 3 rings (SSSR count). The summed E-state index contributed by atoms with van der Waals surface area (Å²) in [6.45, 7) is 0. The zero-order chi connectivity index (χ0) is 22.4. The first-order valence-electron chi connectivity index (χ1n) is 9.25. The van der Waals surface area contributed by atoms with Gasteiger partial charge in [0.1, 0.15) is 11.8 Å². The Bertz CT molecular complexity index is 1150. The van der Waals surface area contributed by atoms with Crippen LogP contribution in [0.1, 0.15) is 5.56 Å². The molecule has 0 saturated heterocycles. The maximum absolute atomic E-state index is 13.0. The van der Waals surface area contributed by atoms with E-state index in [1.54, 1.807) is 12.1 Å². The molecule has 3 aromatic rings. The standard InChI is InChI=1S/C22H20Cl2N2O4S/c1-30-21-12-9-17(14-19(21)24)25-22(27)20(13-15-5-3-2-4-6-15)26-31(28,29)18-10-7-16(23)8-11-18/h2-12,14,20,26H,13H2,1H3,(H,25,27)/t20-/m1/s1. The molecule has 0 aliphatic rings. The fourth-order valence-corrected chi connectivity index (χ4v) is 4.46. The predicted octanol–water partition coefficient (Wildman–Crippen LogP) is 4.53. The number of carbonyl (C=O) groups is 1. The number of hydrogen-bond donors (Lipinski definition) is 2. The topological polar surface area (TPSA) is 84.5 Å². The van der Waals surface area contributed by atoms with Gasteiger partial charge >= 0.3 is 0 Å². The summed E-state index contributed by atoms with van der Waals surface area (Å²) < 4.78 is 33.3. The highest BCUT2D eigenvalue weighted by Crippen LogP contribution is 2.27. The normalized spacial score (nSPS) is 12.2. The van der Waals surface area contributed by atoms with Crippen molar-refractivity contribution in [2.45, 2.75) is 17.4 Å². The molecule has 0 bridgehead atoms. The third-order valence-electron chi connectivity index (χ3n) is 4.44. The quantitative estimate of drug-likeness (QED) is 0.497. The number of methoxy groups -OCH3 is 1. The van der Waals surface area contributed by atoms with Crippen molar-refractivity contribution in [2.24, 2.45) is 0 Å². The van der Waals surface area contributed by atoms with Crippen LogP contribution in [0.2, 0.25) is 10.0 Å². The number of amides is 1. The minimum Gasteiger partial charge on any atom is -0.495 e. The van der Waals surface area contributed by atoms with Crippen LogP contribution in [0.15, 0.2) is 77.7 Å². The molecular weight excluding hydrogens is 459 g/mol. The van der Waals surface area contributed by atoms with Gasteiger partial charge in [-0.1, -0.05) is 53.5 Å². The molecule has 1 atom stereocenters. The zero-order valence-electron chi connectivity index (χ0n) is 16.5. The van der Waals surface area contributed by atoms with E-state index >= 15 is 0 Å². The van der Waals surface area contributed by atoms with E-state index in [4.69, 9.17) is 27.9 Å². The maximum Gasteiger partial charge on any atom is 0.242 e. The van der Waals surface area contributed by atoms with Gasteiger partial charge in [0.15, 0.2) is 0 Å². The van der Waals surface area contributed by atoms with Crippen molar-refractivity contribution in [3.05, 3.63) is 88.4 Å². The molecule has 3 aromatic carbocycles. The van der Waals surface area contributed by atoms with E-state index in [0.717, 1.165) is 5.56 Å². The second-order valence-electron chi connectivity index (χ2n) is 6.66. The van der Waals surface area contributed by atoms with E-state index in [1.165, 1.54) is 37.4 Å². The van der Waals surface area contributed by atoms with Crippen LogP contribution in [-0.2, 0) is 21.2 Å². The molecule has 6 nitrogen and oxygen atoms in total. The molecule has 0 aromatic heterocycles. The minimum absolute atomic E-state index is 0.00949. The molecule has 1 amide bonds. The van der Waals surface area contributed by atoms with E-state index in [-0.39, 0.29) is 11.3 Å². The third kappa shape index (κ3) is 6.21. The Kier molecular flexibility index (Phi) is 7.56. The molecule has 9 heteroatoms. The molecular formula is C22H20Cl2N2O4S. The average molecular weight is 479 g/mol. The Morgan fingerprint density at radius 3 is 2.29 bits per heavy atom. The lowest BCUT2D eigenvalue weighted by atomic mass is 10.1. The van der Waals surface area contributed by atoms with Gasteiger partial charge in [-0.05, 0) is 54.4 Å². The molecule has 0 fully saturated rings. The van der Waals surface area contributed by atoms with Crippen LogP contribution in [-0.4, -0.2) is 27.5 Å². The number of rotatable bonds is 8. The number of carbonyl (C=O) groups excluding carboxylic acids is 1. The lowest BCUT2D eigenvalue weighted by Gasteiger charge is -2.19. The fourth-order valence-electron chi connectivity index (χ4n) is 2.88. The van der Waals surface area contributed by atoms with Crippen LogP contribution in [0.3, 0.4) is 0 Å². The van der Waals surface area contributed by atoms with Crippen molar-refractivity contribution in [3.63, 3.8) is 0 Å². The number of anilines is 1. The van der Waals surface area contributed by atoms with Crippen molar-refractivity contribution in [1.82, 2.24) is 4.72 Å². The van der Waals surface area contributed by atoms with Gasteiger partial charge in [-0.3, -0.25) is 4.79 Å². The molecule has 31 heavy (non-hydrogen) atoms. The second kappa shape index (κ2) is 10.2. The van der Waals surface area contributed by atoms with E-state index in [9.17, 15) is 13.2 Å². The fraction of sp³-hybridized carbons (Fsp3) is 0.136. The van der Waals surface area contributed by atoms with E-state index in [2.05, 4.69) is 10.0 Å². The lowest BCUT2D eigenvalue weighted by Crippen LogP contribution is -2.45. The monoisotopic (exact) mass is 478 g/mol. The Morgan fingerprint density at radius 2 is 1.68 bits per heavy atom. The smallest absolute Gasteiger partial charge is 0.242 e. The van der Waals surface area contributed by atoms with Gasteiger partial charge in [-0.25, -0.2) is 8.42 Å². The Balaban J connectivity index is 1.85. The number of benzene rings is 3. The van der Waals surface area contributed by atoms with Gasteiger partial charge in [0.05, 0.1) is 17.0 Å². The van der Waals surface area contributed by atoms with Crippen LogP contribution < -0.4 is 14.8 Å². The van der Waals surface area contributed by atoms with Crippen LogP contribution >= 0.6 is 23.2 Å². The Labute approximate surface area is 191 Å². The number of ether oxygens (including phenoxy) is 1. The maximum atomic E-state index is 13.0. The summed E-state index contributed by atoms with van der Waals surface area (Å²) in [5, 5.41) is 3.44. The largest absolute Gasteiger partial charge is 0.495 e. The zero-order valence-corrected chi connectivity index (χ0v) is 18.8. The lowest BCUT2D eigenvalue weighted by molar-refractivity contribution is -0.117. The number of hydrogen-bond acceptors (Lipinski definition) is 4. The summed E-state index contributed by atoms with van der Waals surface area (Å²) >= 11 is 12.0. The molecule has 162 valence electrons. The van der Waals surface area contributed by atoms with Crippen LogP contribution in [0, 0.1) is 0 Å². The first-order valence-corrected chi connectivity index (χ1v) is 11.5. The average Bonchev–Trinajstić information content (AvgIpc) is 2.74. The van der Waals surface area contributed by atoms with Crippen molar-refractivity contribution in [1.29, 1.82) is 0 Å². The van der Waals surface area contributed by atoms with Gasteiger partial charge in [-0.15, -0.1) is 0 Å². The number of halogens is 2. The second-order valence-corrected chi connectivity index (χ2v) is 9.21. The summed E-state index contributed by atoms with van der Waals surface area (Å²) in [4.78, 5) is 13.0. The molecule has 0 aliphatic heterocycles. The molecule has 0 radical (unpaired) electrons. The number of sulfonamides is 1. The third-order valence-corrected chi connectivity index (χ3v) is 6.47. The first kappa shape index (κ1) is 23.1. The molecule has 2 N–H and O–H groups in total. The van der Waals surface area contributed by atoms with Crippen LogP contribution in [0.25, 0.3) is 0 Å². The summed E-state index contributed by atoms with van der Waals surface area (Å²) in [5.74, 6) is -0.0634. The molecule has 0 unspecified atom stereocenters. The van der Waals surface area contributed by atoms with Gasteiger partial charge < -0.3 is 10.1 Å². The van der Waals surface area contributed by atoms with E-state index in [1.807, 2.05) is 30.3 Å². The highest BCUT2D eigenvalue weighted by atomic mass is 35.5. The van der Waals surface area contributed by atoms with E-state index in [0.29, 0.717) is 21.5 Å². The molecule has 0 aliphatic carbocycles. The summed E-state index contributed by atoms with van der Waals surface area (Å²) in [6, 6.07) is 18.5. The summed E-state index contributed by atoms with van der Waals surface area (Å²) in [5.41, 5.74) is 1.22.